The maximum absolute atomic E-state index is 12.3. The van der Waals surface area contributed by atoms with E-state index in [1.807, 2.05) is 19.1 Å². The third kappa shape index (κ3) is 5.69. The van der Waals surface area contributed by atoms with Crippen LogP contribution in [0.15, 0.2) is 24.3 Å². The van der Waals surface area contributed by atoms with Crippen molar-refractivity contribution in [3.05, 3.63) is 24.3 Å². The Hall–Kier alpha value is -1.60. The molecule has 1 aromatic carbocycles. The van der Waals surface area contributed by atoms with Crippen molar-refractivity contribution < 1.29 is 13.2 Å². The van der Waals surface area contributed by atoms with E-state index >= 15 is 0 Å². The quantitative estimate of drug-likeness (QED) is 0.771. The van der Waals surface area contributed by atoms with E-state index in [1.165, 1.54) is 24.9 Å². The van der Waals surface area contributed by atoms with Crippen molar-refractivity contribution in [1.29, 1.82) is 0 Å². The molecule has 2 aliphatic rings. The first kappa shape index (κ1) is 20.1. The van der Waals surface area contributed by atoms with Crippen molar-refractivity contribution in [3.8, 4) is 0 Å². The summed E-state index contributed by atoms with van der Waals surface area (Å²) >= 11 is 0. The zero-order valence-electron chi connectivity index (χ0n) is 16.2. The van der Waals surface area contributed by atoms with Gasteiger partial charge in [0.25, 0.3) is 0 Å². The minimum atomic E-state index is -2.90. The highest BCUT2D eigenvalue weighted by atomic mass is 32.2. The molecule has 0 spiro atoms. The molecule has 7 heteroatoms. The molecular formula is C20H31N3O3S. The monoisotopic (exact) mass is 393 g/mol. The summed E-state index contributed by atoms with van der Waals surface area (Å²) in [6.07, 6.45) is 4.85. The highest BCUT2D eigenvalue weighted by molar-refractivity contribution is 7.91. The second kappa shape index (κ2) is 9.06. The topological polar surface area (TPSA) is 69.7 Å². The largest absolute Gasteiger partial charge is 0.372 e. The van der Waals surface area contributed by atoms with E-state index in [2.05, 4.69) is 27.2 Å². The first-order valence-electron chi connectivity index (χ1n) is 10.1. The number of anilines is 2. The van der Waals surface area contributed by atoms with Gasteiger partial charge in [0.1, 0.15) is 0 Å². The molecule has 27 heavy (non-hydrogen) atoms. The lowest BCUT2D eigenvalue weighted by Gasteiger charge is -2.29. The molecule has 2 saturated heterocycles. The Kier molecular flexibility index (Phi) is 6.76. The van der Waals surface area contributed by atoms with Gasteiger partial charge >= 0.3 is 0 Å². The lowest BCUT2D eigenvalue weighted by Crippen LogP contribution is -2.38. The number of carbonyl (C=O) groups excluding carboxylic acids is 1. The van der Waals surface area contributed by atoms with Crippen molar-refractivity contribution in [2.24, 2.45) is 0 Å². The average Bonchev–Trinajstić information content (AvgIpc) is 3.03. The maximum atomic E-state index is 12.3. The van der Waals surface area contributed by atoms with Crippen molar-refractivity contribution in [2.75, 3.05) is 47.9 Å². The van der Waals surface area contributed by atoms with Gasteiger partial charge in [-0.2, -0.15) is 0 Å². The fourth-order valence-electron chi connectivity index (χ4n) is 4.04. The summed E-state index contributed by atoms with van der Waals surface area (Å²) in [7, 11) is -2.90. The van der Waals surface area contributed by atoms with E-state index in [0.29, 0.717) is 19.4 Å². The Morgan fingerprint density at radius 3 is 2.48 bits per heavy atom. The molecule has 0 aromatic heterocycles. The molecule has 1 aromatic rings. The molecule has 1 atom stereocenters. The van der Waals surface area contributed by atoms with E-state index < -0.39 is 9.84 Å². The molecule has 1 N–H and O–H groups in total. The molecule has 6 nitrogen and oxygen atoms in total. The molecule has 2 heterocycles. The number of carbonyl (C=O) groups is 1. The van der Waals surface area contributed by atoms with Gasteiger partial charge in [-0.25, -0.2) is 8.42 Å². The smallest absolute Gasteiger partial charge is 0.225 e. The highest BCUT2D eigenvalue weighted by Gasteiger charge is 2.31. The lowest BCUT2D eigenvalue weighted by atomic mass is 10.1. The average molecular weight is 394 g/mol. The molecule has 1 amide bonds. The number of benzene rings is 1. The second-order valence-electron chi connectivity index (χ2n) is 7.58. The van der Waals surface area contributed by atoms with Gasteiger partial charge in [0, 0.05) is 43.5 Å². The van der Waals surface area contributed by atoms with Crippen LogP contribution in [0.1, 0.15) is 39.0 Å². The van der Waals surface area contributed by atoms with Gasteiger partial charge in [0.2, 0.25) is 5.91 Å². The predicted octanol–water partition coefficient (Wildman–Crippen LogP) is 2.51. The summed E-state index contributed by atoms with van der Waals surface area (Å²) in [4.78, 5) is 16.8. The summed E-state index contributed by atoms with van der Waals surface area (Å²) in [6, 6.07) is 8.12. The van der Waals surface area contributed by atoms with Crippen LogP contribution in [0.4, 0.5) is 11.4 Å². The molecule has 2 fully saturated rings. The molecule has 0 aliphatic carbocycles. The molecular weight excluding hydrogens is 362 g/mol. The Morgan fingerprint density at radius 2 is 1.89 bits per heavy atom. The fourth-order valence-corrected chi connectivity index (χ4v) is 5.80. The Labute approximate surface area is 162 Å². The van der Waals surface area contributed by atoms with Crippen molar-refractivity contribution in [3.63, 3.8) is 0 Å². The number of nitrogens with zero attached hydrogens (tertiary/aromatic N) is 2. The Balaban J connectivity index is 1.47. The van der Waals surface area contributed by atoms with Crippen LogP contribution < -0.4 is 10.2 Å². The minimum Gasteiger partial charge on any atom is -0.372 e. The van der Waals surface area contributed by atoms with Crippen molar-refractivity contribution in [2.45, 2.75) is 45.1 Å². The SMILES string of the molecule is CCN(CCC(=O)Nc1ccc(N2CCCCC2)cc1)C1CCS(=O)(=O)C1. The molecule has 2 aliphatic heterocycles. The van der Waals surface area contributed by atoms with Gasteiger partial charge in [0.05, 0.1) is 11.5 Å². The van der Waals surface area contributed by atoms with Crippen LogP contribution in [0.5, 0.6) is 0 Å². The van der Waals surface area contributed by atoms with Gasteiger partial charge in [-0.3, -0.25) is 9.69 Å². The predicted molar refractivity (Wildman–Crippen MR) is 110 cm³/mol. The van der Waals surface area contributed by atoms with Gasteiger partial charge in [-0.1, -0.05) is 6.92 Å². The first-order chi connectivity index (χ1) is 13.0. The summed E-state index contributed by atoms with van der Waals surface area (Å²) in [5.74, 6) is 0.462. The van der Waals surface area contributed by atoms with Crippen molar-refractivity contribution in [1.82, 2.24) is 4.90 Å². The molecule has 150 valence electrons. The number of sulfone groups is 1. The Morgan fingerprint density at radius 1 is 1.19 bits per heavy atom. The molecule has 0 bridgehead atoms. The van der Waals surface area contributed by atoms with Crippen LogP contribution in [-0.4, -0.2) is 63.0 Å². The third-order valence-electron chi connectivity index (χ3n) is 5.63. The number of piperidine rings is 1. The van der Waals surface area contributed by atoms with E-state index in [4.69, 9.17) is 0 Å². The standard InChI is InChI=1S/C20H31N3O3S/c1-2-22(19-11-15-27(25,26)16-19)14-10-20(24)21-17-6-8-18(9-7-17)23-12-4-3-5-13-23/h6-9,19H,2-5,10-16H2,1H3,(H,21,24). The van der Waals surface area contributed by atoms with Gasteiger partial charge in [-0.05, 0) is 56.5 Å². The first-order valence-corrected chi connectivity index (χ1v) is 11.9. The van der Waals surface area contributed by atoms with Gasteiger partial charge in [-0.15, -0.1) is 0 Å². The molecule has 1 unspecified atom stereocenters. The van der Waals surface area contributed by atoms with E-state index in [1.54, 1.807) is 0 Å². The molecule has 0 radical (unpaired) electrons. The van der Waals surface area contributed by atoms with Crippen LogP contribution in [-0.2, 0) is 14.6 Å². The minimum absolute atomic E-state index is 0.0278. The highest BCUT2D eigenvalue weighted by Crippen LogP contribution is 2.22. The van der Waals surface area contributed by atoms with Gasteiger partial charge < -0.3 is 10.2 Å². The maximum Gasteiger partial charge on any atom is 0.225 e. The van der Waals surface area contributed by atoms with Crippen LogP contribution >= 0.6 is 0 Å². The zero-order valence-corrected chi connectivity index (χ0v) is 17.0. The van der Waals surface area contributed by atoms with Crippen LogP contribution in [0.2, 0.25) is 0 Å². The van der Waals surface area contributed by atoms with Crippen LogP contribution in [0, 0.1) is 0 Å². The third-order valence-corrected chi connectivity index (χ3v) is 7.38. The molecule has 0 saturated carbocycles. The summed E-state index contributed by atoms with van der Waals surface area (Å²) < 4.78 is 23.3. The Bertz CT molecular complexity index is 727. The van der Waals surface area contributed by atoms with E-state index in [0.717, 1.165) is 25.3 Å². The normalized spacial score (nSPS) is 22.1. The summed E-state index contributed by atoms with van der Waals surface area (Å²) in [5.41, 5.74) is 2.03. The summed E-state index contributed by atoms with van der Waals surface area (Å²) in [6.45, 7) is 5.58. The van der Waals surface area contributed by atoms with E-state index in [9.17, 15) is 13.2 Å². The van der Waals surface area contributed by atoms with Crippen LogP contribution in [0.3, 0.4) is 0 Å². The van der Waals surface area contributed by atoms with Gasteiger partial charge in [0.15, 0.2) is 9.84 Å². The zero-order chi connectivity index (χ0) is 19.3. The van der Waals surface area contributed by atoms with Crippen LogP contribution in [0.25, 0.3) is 0 Å². The second-order valence-corrected chi connectivity index (χ2v) is 9.81. The number of hydrogen-bond acceptors (Lipinski definition) is 5. The van der Waals surface area contributed by atoms with E-state index in [-0.39, 0.29) is 23.5 Å². The number of nitrogens with one attached hydrogen (secondary N) is 1. The number of amides is 1. The lowest BCUT2D eigenvalue weighted by molar-refractivity contribution is -0.116. The number of rotatable bonds is 7. The van der Waals surface area contributed by atoms with Crippen molar-refractivity contribution >= 4 is 27.1 Å². The summed E-state index contributed by atoms with van der Waals surface area (Å²) in [5, 5.41) is 2.96. The fraction of sp³-hybridized carbons (Fsp3) is 0.650. The number of hydrogen-bond donors (Lipinski definition) is 1. The molecule has 3 rings (SSSR count).